The van der Waals surface area contributed by atoms with E-state index < -0.39 is 0 Å². The minimum Gasteiger partial charge on any atom is -0.381 e. The van der Waals surface area contributed by atoms with Crippen molar-refractivity contribution in [2.45, 2.75) is 50.6 Å². The van der Waals surface area contributed by atoms with E-state index in [0.29, 0.717) is 29.6 Å². The van der Waals surface area contributed by atoms with Crippen molar-refractivity contribution in [3.8, 4) is 11.3 Å². The number of anilines is 2. The van der Waals surface area contributed by atoms with Crippen molar-refractivity contribution >= 4 is 23.2 Å². The summed E-state index contributed by atoms with van der Waals surface area (Å²) in [5.41, 5.74) is 7.36. The van der Waals surface area contributed by atoms with Crippen LogP contribution in [0.15, 0.2) is 30.5 Å². The van der Waals surface area contributed by atoms with Gasteiger partial charge in [-0.2, -0.15) is 0 Å². The molecule has 0 spiro atoms. The van der Waals surface area contributed by atoms with Gasteiger partial charge >= 0.3 is 0 Å². The number of nitrogens with two attached hydrogens (primary N) is 1. The van der Waals surface area contributed by atoms with E-state index in [1.54, 1.807) is 6.20 Å². The van der Waals surface area contributed by atoms with E-state index in [-0.39, 0.29) is 0 Å². The predicted molar refractivity (Wildman–Crippen MR) is 131 cm³/mol. The minimum absolute atomic E-state index is 0.424. The third kappa shape index (κ3) is 6.54. The number of rotatable bonds is 9. The van der Waals surface area contributed by atoms with Gasteiger partial charge in [0.1, 0.15) is 11.6 Å². The number of aromatic nitrogens is 2. The van der Waals surface area contributed by atoms with Gasteiger partial charge in [0, 0.05) is 56.7 Å². The summed E-state index contributed by atoms with van der Waals surface area (Å²) in [4.78, 5) is 9.33. The Hall–Kier alpha value is -1.93. The van der Waals surface area contributed by atoms with Crippen molar-refractivity contribution in [3.05, 3.63) is 35.5 Å². The number of nitrogens with zero attached hydrogens (tertiary/aromatic N) is 2. The summed E-state index contributed by atoms with van der Waals surface area (Å²) in [6, 6.07) is 9.05. The molecule has 1 aliphatic carbocycles. The van der Waals surface area contributed by atoms with Gasteiger partial charge in [-0.25, -0.2) is 9.97 Å². The molecule has 2 aromatic rings. The highest BCUT2D eigenvalue weighted by atomic mass is 35.5. The molecule has 174 valence electrons. The van der Waals surface area contributed by atoms with Gasteiger partial charge in [0.25, 0.3) is 0 Å². The summed E-state index contributed by atoms with van der Waals surface area (Å²) < 4.78 is 5.45. The van der Waals surface area contributed by atoms with Crippen molar-refractivity contribution in [1.29, 1.82) is 0 Å². The fourth-order valence-electron chi connectivity index (χ4n) is 4.53. The average Bonchev–Trinajstić information content (AvgIpc) is 2.84. The molecule has 2 aliphatic rings. The molecule has 0 amide bonds. The normalized spacial score (nSPS) is 21.9. The van der Waals surface area contributed by atoms with Crippen LogP contribution in [0.1, 0.15) is 38.5 Å². The molecule has 4 rings (SSSR count). The molecule has 1 aliphatic heterocycles. The number of hydrogen-bond acceptors (Lipinski definition) is 7. The first kappa shape index (κ1) is 23.2. The van der Waals surface area contributed by atoms with E-state index in [9.17, 15) is 0 Å². The maximum Gasteiger partial charge on any atom is 0.126 e. The third-order valence-electron chi connectivity index (χ3n) is 6.45. The highest BCUT2D eigenvalue weighted by molar-refractivity contribution is 6.33. The molecule has 7 nitrogen and oxygen atoms in total. The number of nitrogens with one attached hydrogen (secondary N) is 3. The lowest BCUT2D eigenvalue weighted by atomic mass is 9.91. The second-order valence-corrected chi connectivity index (χ2v) is 9.24. The lowest BCUT2D eigenvalue weighted by molar-refractivity contribution is 0.0699. The molecular formula is C24H35ClN6O. The van der Waals surface area contributed by atoms with Crippen molar-refractivity contribution < 1.29 is 4.74 Å². The van der Waals surface area contributed by atoms with Gasteiger partial charge in [0.05, 0.1) is 10.7 Å². The molecule has 2 aromatic heterocycles. The van der Waals surface area contributed by atoms with Crippen LogP contribution in [0.3, 0.4) is 0 Å². The molecule has 1 saturated carbocycles. The number of hydrogen-bond donors (Lipinski definition) is 4. The van der Waals surface area contributed by atoms with Crippen LogP contribution in [0.5, 0.6) is 0 Å². The SMILES string of the molecule is NCCN[C@H]1CC[C@H](Nc2cc(-c3cccc(NCC4CCOCC4)n3)c(Cl)cn2)CC1. The maximum absolute atomic E-state index is 6.51. The second kappa shape index (κ2) is 11.8. The molecule has 2 fully saturated rings. The van der Waals surface area contributed by atoms with Crippen molar-refractivity contribution in [2.75, 3.05) is 43.5 Å². The standard InChI is InChI=1S/C24H35ClN6O/c25-21-16-29-24(30-19-6-4-18(5-7-19)27-11-10-26)14-20(21)22-2-1-3-23(31-22)28-15-17-8-12-32-13-9-17/h1-3,14,16-19,27H,4-13,15,26H2,(H,28,31)(H,29,30)/t18-,19-. The van der Waals surface area contributed by atoms with E-state index in [1.807, 2.05) is 24.3 Å². The summed E-state index contributed by atoms with van der Waals surface area (Å²) in [6.45, 7) is 4.21. The second-order valence-electron chi connectivity index (χ2n) is 8.83. The van der Waals surface area contributed by atoms with Gasteiger partial charge in [-0.15, -0.1) is 0 Å². The van der Waals surface area contributed by atoms with E-state index in [2.05, 4.69) is 20.9 Å². The molecule has 0 aromatic carbocycles. The zero-order valence-corrected chi connectivity index (χ0v) is 19.4. The van der Waals surface area contributed by atoms with Crippen molar-refractivity contribution in [1.82, 2.24) is 15.3 Å². The molecular weight excluding hydrogens is 424 g/mol. The van der Waals surface area contributed by atoms with Crippen LogP contribution in [0, 0.1) is 5.92 Å². The van der Waals surface area contributed by atoms with Crippen molar-refractivity contribution in [2.24, 2.45) is 11.7 Å². The fraction of sp³-hybridized carbons (Fsp3) is 0.583. The van der Waals surface area contributed by atoms with Gasteiger partial charge in [-0.1, -0.05) is 17.7 Å². The lowest BCUT2D eigenvalue weighted by Crippen LogP contribution is -2.39. The zero-order valence-electron chi connectivity index (χ0n) is 18.7. The number of pyridine rings is 2. The predicted octanol–water partition coefficient (Wildman–Crippen LogP) is 3.91. The maximum atomic E-state index is 6.51. The zero-order chi connectivity index (χ0) is 22.2. The summed E-state index contributed by atoms with van der Waals surface area (Å²) in [5.74, 6) is 2.36. The molecule has 0 bridgehead atoms. The van der Waals surface area contributed by atoms with Gasteiger partial charge in [0.2, 0.25) is 0 Å². The van der Waals surface area contributed by atoms with E-state index in [4.69, 9.17) is 27.1 Å². The first-order valence-corrected chi connectivity index (χ1v) is 12.2. The first-order chi connectivity index (χ1) is 15.7. The van der Waals surface area contributed by atoms with Crippen LogP contribution in [0.2, 0.25) is 5.02 Å². The average molecular weight is 459 g/mol. The van der Waals surface area contributed by atoms with Gasteiger partial charge in [-0.05, 0) is 62.6 Å². The smallest absolute Gasteiger partial charge is 0.126 e. The molecule has 0 unspecified atom stereocenters. The molecule has 32 heavy (non-hydrogen) atoms. The summed E-state index contributed by atoms with van der Waals surface area (Å²) in [5, 5.41) is 11.2. The Labute approximate surface area is 195 Å². The van der Waals surface area contributed by atoms with Crippen LogP contribution < -0.4 is 21.7 Å². The van der Waals surface area contributed by atoms with Crippen molar-refractivity contribution in [3.63, 3.8) is 0 Å². The van der Waals surface area contributed by atoms with Gasteiger partial charge < -0.3 is 26.4 Å². The Balaban J connectivity index is 1.37. The highest BCUT2D eigenvalue weighted by Crippen LogP contribution is 2.30. The van der Waals surface area contributed by atoms with Crippen LogP contribution in [-0.4, -0.2) is 54.9 Å². The molecule has 0 atom stereocenters. The first-order valence-electron chi connectivity index (χ1n) is 11.9. The Morgan fingerprint density at radius 1 is 1.03 bits per heavy atom. The monoisotopic (exact) mass is 458 g/mol. The van der Waals surface area contributed by atoms with Crippen LogP contribution >= 0.6 is 11.6 Å². The topological polar surface area (TPSA) is 97.1 Å². The summed E-state index contributed by atoms with van der Waals surface area (Å²) in [6.07, 6.45) is 8.46. The van der Waals surface area contributed by atoms with E-state index in [0.717, 1.165) is 87.7 Å². The molecule has 0 radical (unpaired) electrons. The van der Waals surface area contributed by atoms with Crippen LogP contribution in [0.25, 0.3) is 11.3 Å². The third-order valence-corrected chi connectivity index (χ3v) is 6.75. The fourth-order valence-corrected chi connectivity index (χ4v) is 4.74. The highest BCUT2D eigenvalue weighted by Gasteiger charge is 2.21. The Kier molecular flexibility index (Phi) is 8.56. The Morgan fingerprint density at radius 2 is 1.81 bits per heavy atom. The van der Waals surface area contributed by atoms with Gasteiger partial charge in [0.15, 0.2) is 0 Å². The van der Waals surface area contributed by atoms with E-state index in [1.165, 1.54) is 0 Å². The lowest BCUT2D eigenvalue weighted by Gasteiger charge is -2.30. The molecule has 1 saturated heterocycles. The van der Waals surface area contributed by atoms with E-state index >= 15 is 0 Å². The molecule has 3 heterocycles. The Morgan fingerprint density at radius 3 is 2.59 bits per heavy atom. The minimum atomic E-state index is 0.424. The quantitative estimate of drug-likeness (QED) is 0.452. The number of halogens is 1. The van der Waals surface area contributed by atoms with Crippen LogP contribution in [-0.2, 0) is 4.74 Å². The molecule has 5 N–H and O–H groups in total. The summed E-state index contributed by atoms with van der Waals surface area (Å²) in [7, 11) is 0. The van der Waals surface area contributed by atoms with Gasteiger partial charge in [-0.3, -0.25) is 0 Å². The number of ether oxygens (including phenoxy) is 1. The largest absolute Gasteiger partial charge is 0.381 e. The van der Waals surface area contributed by atoms with Crippen LogP contribution in [0.4, 0.5) is 11.6 Å². The summed E-state index contributed by atoms with van der Waals surface area (Å²) >= 11 is 6.51. The molecule has 8 heteroatoms. The Bertz CT molecular complexity index is 852.